The Bertz CT molecular complexity index is 1290. The van der Waals surface area contributed by atoms with Crippen molar-refractivity contribution in [2.45, 2.75) is 6.42 Å². The van der Waals surface area contributed by atoms with E-state index in [0.29, 0.717) is 12.0 Å². The molecule has 0 amide bonds. The maximum Gasteiger partial charge on any atom is 0.337 e. The highest BCUT2D eigenvalue weighted by molar-refractivity contribution is 7.06. The van der Waals surface area contributed by atoms with Crippen LogP contribution in [0.25, 0.3) is 11.6 Å². The van der Waals surface area contributed by atoms with E-state index in [9.17, 15) is 9.59 Å². The molecule has 0 aromatic heterocycles. The van der Waals surface area contributed by atoms with Gasteiger partial charge in [-0.05, 0) is 50.8 Å². The van der Waals surface area contributed by atoms with Crippen molar-refractivity contribution in [3.63, 3.8) is 0 Å². The normalized spacial score (nSPS) is 11.7. The van der Waals surface area contributed by atoms with Crippen LogP contribution < -0.4 is 15.6 Å². The molecule has 0 unspecified atom stereocenters. The molecule has 0 aliphatic rings. The first kappa shape index (κ1) is 24.1. The van der Waals surface area contributed by atoms with E-state index in [-0.39, 0.29) is 5.97 Å². The Labute approximate surface area is 207 Å². The highest BCUT2D eigenvalue weighted by Gasteiger charge is 2.40. The molecule has 0 heterocycles. The average molecular weight is 477 g/mol. The van der Waals surface area contributed by atoms with Gasteiger partial charge < -0.3 is 9.53 Å². The summed E-state index contributed by atoms with van der Waals surface area (Å²) in [7, 11) is -1.92. The molecule has 0 radical (unpaired) electrons. The van der Waals surface area contributed by atoms with Gasteiger partial charge in [0.1, 0.15) is 0 Å². The molecule has 0 spiro atoms. The molecule has 0 fully saturated rings. The Morgan fingerprint density at radius 1 is 0.829 bits per heavy atom. The summed E-state index contributed by atoms with van der Waals surface area (Å²) in [6, 6.07) is 35.3. The van der Waals surface area contributed by atoms with Gasteiger partial charge in [-0.15, -0.1) is 6.58 Å². The van der Waals surface area contributed by atoms with Crippen molar-refractivity contribution in [2.24, 2.45) is 0 Å². The van der Waals surface area contributed by atoms with Crippen LogP contribution in [-0.4, -0.2) is 26.2 Å². The molecule has 4 aromatic carbocycles. The fourth-order valence-corrected chi connectivity index (χ4v) is 7.63. The molecule has 3 nitrogen and oxygen atoms in total. The minimum absolute atomic E-state index is 0.362. The minimum Gasteiger partial charge on any atom is -0.465 e. The van der Waals surface area contributed by atoms with Crippen LogP contribution in [-0.2, 0) is 4.74 Å². The summed E-state index contributed by atoms with van der Waals surface area (Å²) in [5.74, 6) is -0.362. The molecule has 4 aromatic rings. The van der Waals surface area contributed by atoms with Crippen LogP contribution in [0.3, 0.4) is 0 Å². The molecule has 35 heavy (non-hydrogen) atoms. The van der Waals surface area contributed by atoms with E-state index in [0.717, 1.165) is 32.3 Å². The predicted octanol–water partition coefficient (Wildman–Crippen LogP) is 4.55. The second kappa shape index (κ2) is 11.0. The van der Waals surface area contributed by atoms with Crippen molar-refractivity contribution in [2.75, 3.05) is 7.11 Å². The van der Waals surface area contributed by atoms with Gasteiger partial charge in [0.25, 0.3) is 8.32 Å². The topological polar surface area (TPSA) is 46.5 Å². The van der Waals surface area contributed by atoms with Crippen molar-refractivity contribution < 1.29 is 14.3 Å². The maximum absolute atomic E-state index is 12.5. The first-order valence-electron chi connectivity index (χ1n) is 11.5. The van der Waals surface area contributed by atoms with Gasteiger partial charge in [0.2, 0.25) is 0 Å². The van der Waals surface area contributed by atoms with Gasteiger partial charge in [0.05, 0.1) is 12.7 Å². The summed E-state index contributed by atoms with van der Waals surface area (Å²) in [6.07, 6.45) is 4.59. The number of hydrogen-bond acceptors (Lipinski definition) is 3. The second-order valence-electron chi connectivity index (χ2n) is 8.26. The summed E-state index contributed by atoms with van der Waals surface area (Å²) >= 11 is 0. The highest BCUT2D eigenvalue weighted by atomic mass is 28.4. The SMILES string of the molecule is C=CC/C(=C\c1ccc(C(=O)OC)cc1)c1ccccc1[Si](O)(c1ccccc1)c1ccccc1. The number of methoxy groups -OCH3 is 1. The molecular weight excluding hydrogens is 448 g/mol. The van der Waals surface area contributed by atoms with Gasteiger partial charge in [-0.25, -0.2) is 4.79 Å². The monoisotopic (exact) mass is 476 g/mol. The number of hydrogen-bond donors (Lipinski definition) is 1. The fourth-order valence-electron chi connectivity index (χ4n) is 4.35. The van der Waals surface area contributed by atoms with Gasteiger partial charge in [0, 0.05) is 0 Å². The van der Waals surface area contributed by atoms with E-state index in [4.69, 9.17) is 4.74 Å². The van der Waals surface area contributed by atoms with Crippen molar-refractivity contribution in [1.29, 1.82) is 0 Å². The van der Waals surface area contributed by atoms with E-state index in [2.05, 4.69) is 18.7 Å². The van der Waals surface area contributed by atoms with Crippen molar-refractivity contribution in [3.8, 4) is 0 Å². The predicted molar refractivity (Wildman–Crippen MR) is 147 cm³/mol. The average Bonchev–Trinajstić information content (AvgIpc) is 2.93. The first-order chi connectivity index (χ1) is 17.1. The molecule has 0 atom stereocenters. The summed E-state index contributed by atoms with van der Waals surface area (Å²) in [5, 5.41) is 2.79. The van der Waals surface area contributed by atoms with Gasteiger partial charge in [-0.1, -0.05) is 109 Å². The van der Waals surface area contributed by atoms with Gasteiger partial charge in [0.15, 0.2) is 0 Å². The molecule has 1 N–H and O–H groups in total. The van der Waals surface area contributed by atoms with Crippen molar-refractivity contribution in [1.82, 2.24) is 0 Å². The zero-order chi connectivity index (χ0) is 24.7. The van der Waals surface area contributed by atoms with Crippen molar-refractivity contribution in [3.05, 3.63) is 139 Å². The Balaban J connectivity index is 1.89. The molecular formula is C31H28O3Si. The van der Waals surface area contributed by atoms with E-state index >= 15 is 0 Å². The maximum atomic E-state index is 12.5. The highest BCUT2D eigenvalue weighted by Crippen LogP contribution is 2.23. The zero-order valence-corrected chi connectivity index (χ0v) is 20.7. The summed E-state index contributed by atoms with van der Waals surface area (Å²) in [5.41, 5.74) is 3.49. The largest absolute Gasteiger partial charge is 0.465 e. The minimum atomic E-state index is -3.30. The Morgan fingerprint density at radius 3 is 1.91 bits per heavy atom. The third-order valence-corrected chi connectivity index (χ3v) is 9.64. The van der Waals surface area contributed by atoms with E-state index < -0.39 is 8.32 Å². The van der Waals surface area contributed by atoms with E-state index in [1.54, 1.807) is 12.1 Å². The molecule has 4 heteroatoms. The number of rotatable bonds is 8. The van der Waals surface area contributed by atoms with E-state index in [1.165, 1.54) is 7.11 Å². The third kappa shape index (κ3) is 5.09. The second-order valence-corrected chi connectivity index (χ2v) is 11.4. The van der Waals surface area contributed by atoms with Crippen LogP contribution in [0.1, 0.15) is 27.9 Å². The quantitative estimate of drug-likeness (QED) is 0.133. The lowest BCUT2D eigenvalue weighted by Crippen LogP contribution is -2.68. The first-order valence-corrected chi connectivity index (χ1v) is 13.5. The Kier molecular flexibility index (Phi) is 7.56. The Hall–Kier alpha value is -3.99. The molecule has 0 bridgehead atoms. The van der Waals surface area contributed by atoms with Crippen LogP contribution in [0.2, 0.25) is 0 Å². The summed E-state index contributed by atoms with van der Waals surface area (Å²) in [6.45, 7) is 3.97. The Morgan fingerprint density at radius 2 is 1.37 bits per heavy atom. The zero-order valence-electron chi connectivity index (χ0n) is 19.7. The lowest BCUT2D eigenvalue weighted by molar-refractivity contribution is 0.0600. The molecule has 0 aliphatic heterocycles. The molecule has 0 saturated heterocycles. The van der Waals surface area contributed by atoms with Crippen LogP contribution in [0.5, 0.6) is 0 Å². The number of carbonyl (C=O) groups is 1. The van der Waals surface area contributed by atoms with Crippen LogP contribution >= 0.6 is 0 Å². The standard InChI is InChI=1S/C31H28O3Si/c1-3-12-26(23-24-19-21-25(22-20-24)31(32)34-2)29-17-10-11-18-30(29)35(33,27-13-6-4-7-14-27)28-15-8-5-9-16-28/h3-11,13-23,33H,1,12H2,2H3/b26-23+. The van der Waals surface area contributed by atoms with Crippen molar-refractivity contribution >= 4 is 41.5 Å². The third-order valence-electron chi connectivity index (χ3n) is 6.08. The smallest absolute Gasteiger partial charge is 0.337 e. The molecule has 4 rings (SSSR count). The lowest BCUT2D eigenvalue weighted by Gasteiger charge is -2.29. The van der Waals surface area contributed by atoms with Crippen LogP contribution in [0.15, 0.2) is 122 Å². The lowest BCUT2D eigenvalue weighted by atomic mass is 9.99. The van der Waals surface area contributed by atoms with Gasteiger partial charge >= 0.3 is 5.97 Å². The molecule has 174 valence electrons. The van der Waals surface area contributed by atoms with Crippen LogP contribution in [0, 0.1) is 0 Å². The molecule has 0 saturated carbocycles. The summed E-state index contributed by atoms with van der Waals surface area (Å²) < 4.78 is 4.81. The summed E-state index contributed by atoms with van der Waals surface area (Å²) in [4.78, 5) is 24.4. The molecule has 0 aliphatic carbocycles. The van der Waals surface area contributed by atoms with Gasteiger partial charge in [-0.3, -0.25) is 0 Å². The van der Waals surface area contributed by atoms with Crippen LogP contribution in [0.4, 0.5) is 0 Å². The number of esters is 1. The number of ether oxygens (including phenoxy) is 1. The number of benzene rings is 4. The fraction of sp³-hybridized carbons (Fsp3) is 0.0645. The number of allylic oxidation sites excluding steroid dienone is 2. The van der Waals surface area contributed by atoms with E-state index in [1.807, 2.05) is 97.1 Å². The van der Waals surface area contributed by atoms with Gasteiger partial charge in [-0.2, -0.15) is 0 Å². The number of carbonyl (C=O) groups excluding carboxylic acids is 1.